The Bertz CT molecular complexity index is 2600. The summed E-state index contributed by atoms with van der Waals surface area (Å²) in [6.07, 6.45) is 11.5. The lowest BCUT2D eigenvalue weighted by molar-refractivity contribution is -0.686. The van der Waals surface area contributed by atoms with Crippen molar-refractivity contribution in [3.05, 3.63) is 118 Å². The second kappa shape index (κ2) is 16.2. The molecule has 0 saturated heterocycles. The van der Waals surface area contributed by atoms with E-state index >= 15 is 0 Å². The maximum absolute atomic E-state index is 10.7. The molecular formula is C38H30F6N2O6S4. The average molecular weight is 853 g/mol. The lowest BCUT2D eigenvalue weighted by Crippen LogP contribution is -2.38. The Morgan fingerprint density at radius 2 is 1.30 bits per heavy atom. The number of hydrogen-bond donors (Lipinski definition) is 0. The first-order valence-corrected chi connectivity index (χ1v) is 21.3. The Hall–Kier alpha value is -4.46. The fourth-order valence-corrected chi connectivity index (χ4v) is 8.35. The number of fused-ring (bicyclic) bond motifs is 9. The standard InChI is InChI=1S/C36H30N2S2.2CHF3O3S/c1-2-11-30-27(8-1)24-28(16-17-29-18-19-33(40-29)32-13-7-23-39-32)36-35-26(10-6-22-38(30)36)15-14-25-9-5-21-37-20-4-3-12-31(37)34(25)35;2*2-1(3,4)8(5,6)7/h1-4,7-8,11-20,23-24H,5-6,9-10,21-22H2;2*(H,5,6,7)/q+2;;/p-2/b17-16+;;. The van der Waals surface area contributed by atoms with E-state index in [0.29, 0.717) is 0 Å². The van der Waals surface area contributed by atoms with E-state index < -0.39 is 31.3 Å². The monoisotopic (exact) mass is 852 g/mol. The van der Waals surface area contributed by atoms with Gasteiger partial charge in [0.1, 0.15) is 13.1 Å². The van der Waals surface area contributed by atoms with Crippen molar-refractivity contribution in [3.63, 3.8) is 0 Å². The van der Waals surface area contributed by atoms with Gasteiger partial charge in [0, 0.05) is 56.6 Å². The molecule has 0 atom stereocenters. The first-order chi connectivity index (χ1) is 26.3. The molecule has 4 aromatic heterocycles. The summed E-state index contributed by atoms with van der Waals surface area (Å²) in [5, 5.41) is 3.46. The summed E-state index contributed by atoms with van der Waals surface area (Å²) in [6.45, 7) is 2.09. The Balaban J connectivity index is 0.000000281. The molecule has 0 saturated carbocycles. The quantitative estimate of drug-likeness (QED) is 0.0760. The first-order valence-electron chi connectivity index (χ1n) is 16.8. The number of halogens is 6. The highest BCUT2D eigenvalue weighted by Crippen LogP contribution is 2.41. The molecule has 0 N–H and O–H groups in total. The number of hydrogen-bond acceptors (Lipinski definition) is 8. The van der Waals surface area contributed by atoms with Crippen molar-refractivity contribution in [2.45, 2.75) is 49.8 Å². The van der Waals surface area contributed by atoms with Crippen LogP contribution in [0.4, 0.5) is 26.3 Å². The topological polar surface area (TPSA) is 122 Å². The van der Waals surface area contributed by atoms with Gasteiger partial charge in [0.25, 0.3) is 0 Å². The van der Waals surface area contributed by atoms with Crippen LogP contribution in [0.2, 0.25) is 0 Å². The zero-order valence-electron chi connectivity index (χ0n) is 28.9. The van der Waals surface area contributed by atoms with Crippen LogP contribution in [0.3, 0.4) is 0 Å². The fourth-order valence-electron chi connectivity index (χ4n) is 6.61. The first kappa shape index (κ1) is 41.2. The third-order valence-corrected chi connectivity index (χ3v) is 12.2. The summed E-state index contributed by atoms with van der Waals surface area (Å²) in [5.74, 6) is 0. The van der Waals surface area contributed by atoms with Gasteiger partial charge in [-0.2, -0.15) is 35.5 Å². The molecule has 6 heterocycles. The van der Waals surface area contributed by atoms with Crippen molar-refractivity contribution in [1.29, 1.82) is 0 Å². The Labute approximate surface area is 326 Å². The lowest BCUT2D eigenvalue weighted by atomic mass is 9.87. The normalized spacial score (nSPS) is 14.2. The lowest BCUT2D eigenvalue weighted by Gasteiger charge is -2.15. The zero-order valence-corrected chi connectivity index (χ0v) is 32.1. The Morgan fingerprint density at radius 1 is 0.679 bits per heavy atom. The summed E-state index contributed by atoms with van der Waals surface area (Å²) in [7, 11) is -12.2. The predicted octanol–water partition coefficient (Wildman–Crippen LogP) is 8.70. The number of pyridine rings is 2. The van der Waals surface area contributed by atoms with E-state index in [0.717, 1.165) is 32.4 Å². The third-order valence-electron chi connectivity index (χ3n) is 8.95. The van der Waals surface area contributed by atoms with E-state index in [1.165, 1.54) is 71.2 Å². The molecule has 6 aromatic rings. The number of thiophene rings is 2. The van der Waals surface area contributed by atoms with Crippen LogP contribution in [-0.4, -0.2) is 37.0 Å². The van der Waals surface area contributed by atoms with Gasteiger partial charge in [-0.05, 0) is 77.9 Å². The Morgan fingerprint density at radius 3 is 1.95 bits per heavy atom. The van der Waals surface area contributed by atoms with Gasteiger partial charge in [0.15, 0.2) is 26.4 Å². The molecule has 0 unspecified atom stereocenters. The largest absolute Gasteiger partial charge is 0.741 e. The van der Waals surface area contributed by atoms with Gasteiger partial charge in [-0.1, -0.05) is 30.3 Å². The molecule has 18 heteroatoms. The number of nitrogens with zero attached hydrogens (tertiary/aromatic N) is 2. The number of rotatable bonds is 3. The maximum Gasteiger partial charge on any atom is 0.485 e. The molecular weight excluding hydrogens is 823 g/mol. The van der Waals surface area contributed by atoms with Gasteiger partial charge in [-0.15, -0.1) is 22.7 Å². The number of aryl methyl sites for hydroxylation is 4. The molecule has 0 aliphatic carbocycles. The van der Waals surface area contributed by atoms with Crippen molar-refractivity contribution in [2.75, 3.05) is 0 Å². The minimum atomic E-state index is -6.09. The smallest absolute Gasteiger partial charge is 0.485 e. The number of alkyl halides is 6. The minimum Gasteiger partial charge on any atom is -0.741 e. The number of para-hydroxylation sites is 1. The predicted molar refractivity (Wildman–Crippen MR) is 200 cm³/mol. The minimum absolute atomic E-state index is 1.03. The summed E-state index contributed by atoms with van der Waals surface area (Å²) in [5.41, 5.74) is -0.123. The molecule has 0 spiro atoms. The van der Waals surface area contributed by atoms with Crippen molar-refractivity contribution in [2.24, 2.45) is 0 Å². The Kier molecular flexibility index (Phi) is 11.9. The van der Waals surface area contributed by atoms with E-state index in [1.54, 1.807) is 0 Å². The second-order valence-corrected chi connectivity index (χ2v) is 17.4. The maximum atomic E-state index is 10.7. The van der Waals surface area contributed by atoms with Gasteiger partial charge in [-0.3, -0.25) is 0 Å². The summed E-state index contributed by atoms with van der Waals surface area (Å²) in [6, 6.07) is 31.7. The summed E-state index contributed by atoms with van der Waals surface area (Å²) >= 11 is 3.68. The zero-order chi connectivity index (χ0) is 40.5. The second-order valence-electron chi connectivity index (χ2n) is 12.6. The molecule has 294 valence electrons. The van der Waals surface area contributed by atoms with Crippen LogP contribution < -0.4 is 9.13 Å². The molecule has 2 aliphatic rings. The molecule has 56 heavy (non-hydrogen) atoms. The van der Waals surface area contributed by atoms with Crippen LogP contribution >= 0.6 is 22.7 Å². The summed E-state index contributed by atoms with van der Waals surface area (Å²) < 4.78 is 123. The van der Waals surface area contributed by atoms with Gasteiger partial charge in [-0.25, -0.2) is 16.8 Å². The molecule has 2 aromatic carbocycles. The van der Waals surface area contributed by atoms with Gasteiger partial charge >= 0.3 is 11.0 Å². The SMILES string of the molecule is C(=C\c1cc2ccccc2[n+]2c1-c1c(ccc3c1-c1cccc[n+]1CCC3)CCC2)/c1ccc(-c2cccs2)s1.O=S(=O)([O-])C(F)(F)F.O=S(=O)([O-])C(F)(F)F. The van der Waals surface area contributed by atoms with Gasteiger partial charge in [0.05, 0.1) is 11.1 Å². The van der Waals surface area contributed by atoms with E-state index in [9.17, 15) is 26.3 Å². The van der Waals surface area contributed by atoms with Gasteiger partial charge in [0.2, 0.25) is 16.9 Å². The van der Waals surface area contributed by atoms with Crippen molar-refractivity contribution < 1.29 is 61.4 Å². The summed E-state index contributed by atoms with van der Waals surface area (Å²) in [4.78, 5) is 3.97. The van der Waals surface area contributed by atoms with Crippen molar-refractivity contribution in [3.8, 4) is 32.3 Å². The third kappa shape index (κ3) is 9.05. The number of benzene rings is 2. The molecule has 8 nitrogen and oxygen atoms in total. The van der Waals surface area contributed by atoms with Crippen LogP contribution in [0.1, 0.15) is 34.4 Å². The van der Waals surface area contributed by atoms with Crippen LogP contribution in [0.25, 0.3) is 55.3 Å². The molecule has 0 fully saturated rings. The molecule has 2 aliphatic heterocycles. The van der Waals surface area contributed by atoms with Crippen LogP contribution in [0.5, 0.6) is 0 Å². The number of aromatic nitrogens is 2. The molecule has 0 bridgehead atoms. The van der Waals surface area contributed by atoms with E-state index in [-0.39, 0.29) is 0 Å². The van der Waals surface area contributed by atoms with Crippen LogP contribution in [-0.2, 0) is 46.2 Å². The molecule has 8 rings (SSSR count). The average Bonchev–Trinajstić information content (AvgIpc) is 3.75. The van der Waals surface area contributed by atoms with E-state index in [1.807, 2.05) is 22.7 Å². The fraction of sp³-hybridized carbons (Fsp3) is 0.211. The van der Waals surface area contributed by atoms with Crippen molar-refractivity contribution >= 4 is 66.0 Å². The molecule has 0 amide bonds. The van der Waals surface area contributed by atoms with Crippen molar-refractivity contribution in [1.82, 2.24) is 0 Å². The highest BCUT2D eigenvalue weighted by Gasteiger charge is 2.38. The van der Waals surface area contributed by atoms with Crippen LogP contribution in [0, 0.1) is 0 Å². The molecule has 0 radical (unpaired) electrons. The highest BCUT2D eigenvalue weighted by molar-refractivity contribution is 7.86. The van der Waals surface area contributed by atoms with E-state index in [4.69, 9.17) is 25.9 Å². The van der Waals surface area contributed by atoms with E-state index in [2.05, 4.69) is 118 Å². The van der Waals surface area contributed by atoms with Gasteiger partial charge < -0.3 is 9.11 Å². The highest BCUT2D eigenvalue weighted by atomic mass is 32.2. The van der Waals surface area contributed by atoms with Crippen LogP contribution in [0.15, 0.2) is 96.5 Å².